The molecule has 0 radical (unpaired) electrons. The predicted molar refractivity (Wildman–Crippen MR) is 75.6 cm³/mol. The first kappa shape index (κ1) is 16.3. The number of halogens is 4. The van der Waals surface area contributed by atoms with Gasteiger partial charge < -0.3 is 10.1 Å². The van der Waals surface area contributed by atoms with Gasteiger partial charge in [0.05, 0.1) is 12.1 Å². The third kappa shape index (κ3) is 3.98. The van der Waals surface area contributed by atoms with Crippen molar-refractivity contribution in [2.24, 2.45) is 0 Å². The van der Waals surface area contributed by atoms with Crippen molar-refractivity contribution in [2.75, 3.05) is 17.7 Å². The molecule has 118 valence electrons. The zero-order valence-electron chi connectivity index (χ0n) is 10.9. The molecule has 0 aliphatic rings. The number of hydrogen-bond donors (Lipinski definition) is 2. The smallest absolute Gasteiger partial charge is 0.445 e. The van der Waals surface area contributed by atoms with Crippen LogP contribution in [0.4, 0.5) is 28.8 Å². The van der Waals surface area contributed by atoms with E-state index in [1.165, 1.54) is 25.3 Å². The average Bonchev–Trinajstić information content (AvgIpc) is 2.87. The van der Waals surface area contributed by atoms with Crippen LogP contribution >= 0.6 is 22.9 Å². The lowest BCUT2D eigenvalue weighted by Gasteiger charge is -2.07. The monoisotopic (exact) mass is 352 g/mol. The molecule has 1 heterocycles. The molecule has 1 aromatic carbocycles. The Balaban J connectivity index is 2.01. The number of alkyl halides is 3. The van der Waals surface area contributed by atoms with E-state index in [-0.39, 0.29) is 21.5 Å². The standard InChI is InChI=1S/C11H8ClF3N4O2S/c1-21-7-3-2-5(4-6(7)12)16-9(20)17-10-19-18-8(22-10)11(13,14)15/h2-4H,1H3,(H2,16,17,19,20). The summed E-state index contributed by atoms with van der Waals surface area (Å²) in [5.74, 6) is 0.423. The van der Waals surface area contributed by atoms with Crippen LogP contribution in [0.2, 0.25) is 5.02 Å². The Bertz CT molecular complexity index is 692. The highest BCUT2D eigenvalue weighted by atomic mass is 35.5. The van der Waals surface area contributed by atoms with Gasteiger partial charge in [0.15, 0.2) is 0 Å². The molecule has 11 heteroatoms. The van der Waals surface area contributed by atoms with E-state index in [9.17, 15) is 18.0 Å². The summed E-state index contributed by atoms with van der Waals surface area (Å²) < 4.78 is 42.0. The number of carbonyl (C=O) groups excluding carboxylic acids is 1. The zero-order chi connectivity index (χ0) is 16.3. The van der Waals surface area contributed by atoms with Gasteiger partial charge in [-0.05, 0) is 18.2 Å². The van der Waals surface area contributed by atoms with Crippen LogP contribution in [0, 0.1) is 0 Å². The maximum Gasteiger partial charge on any atom is 0.445 e. The quantitative estimate of drug-likeness (QED) is 0.879. The largest absolute Gasteiger partial charge is 0.495 e. The highest BCUT2D eigenvalue weighted by Gasteiger charge is 2.35. The Labute approximate surface area is 131 Å². The van der Waals surface area contributed by atoms with E-state index in [4.69, 9.17) is 16.3 Å². The topological polar surface area (TPSA) is 76.1 Å². The highest BCUT2D eigenvalue weighted by molar-refractivity contribution is 7.15. The number of rotatable bonds is 3. The van der Waals surface area contributed by atoms with Crippen LogP contribution in [0.25, 0.3) is 0 Å². The molecule has 2 amide bonds. The lowest BCUT2D eigenvalue weighted by Crippen LogP contribution is -2.19. The molecule has 0 saturated carbocycles. The Morgan fingerprint density at radius 1 is 1.32 bits per heavy atom. The van der Waals surface area contributed by atoms with Crippen molar-refractivity contribution in [2.45, 2.75) is 6.18 Å². The second-order valence-corrected chi connectivity index (χ2v) is 5.22. The van der Waals surface area contributed by atoms with Crippen LogP contribution in [0.3, 0.4) is 0 Å². The Hall–Kier alpha value is -2.07. The third-order valence-electron chi connectivity index (χ3n) is 2.30. The van der Waals surface area contributed by atoms with Gasteiger partial charge in [-0.15, -0.1) is 10.2 Å². The number of amides is 2. The molecule has 2 aromatic rings. The van der Waals surface area contributed by atoms with E-state index >= 15 is 0 Å². The average molecular weight is 353 g/mol. The Morgan fingerprint density at radius 2 is 2.05 bits per heavy atom. The summed E-state index contributed by atoms with van der Waals surface area (Å²) >= 11 is 6.11. The Kier molecular flexibility index (Phi) is 4.71. The van der Waals surface area contributed by atoms with E-state index in [0.29, 0.717) is 11.4 Å². The fraction of sp³-hybridized carbons (Fsp3) is 0.182. The normalized spacial score (nSPS) is 11.1. The fourth-order valence-corrected chi connectivity index (χ4v) is 2.26. The van der Waals surface area contributed by atoms with Crippen molar-refractivity contribution >= 4 is 39.8 Å². The van der Waals surface area contributed by atoms with Crippen LogP contribution in [0.1, 0.15) is 5.01 Å². The number of nitrogens with one attached hydrogen (secondary N) is 2. The van der Waals surface area contributed by atoms with Crippen LogP contribution in [-0.4, -0.2) is 23.3 Å². The molecule has 6 nitrogen and oxygen atoms in total. The number of anilines is 2. The number of nitrogens with zero attached hydrogens (tertiary/aromatic N) is 2. The molecule has 0 aliphatic carbocycles. The second kappa shape index (κ2) is 6.36. The SMILES string of the molecule is COc1ccc(NC(=O)Nc2nnc(C(F)(F)F)s2)cc1Cl. The van der Waals surface area contributed by atoms with Gasteiger partial charge in [0, 0.05) is 5.69 Å². The molecule has 0 spiro atoms. The number of carbonyl (C=O) groups is 1. The first-order valence-electron chi connectivity index (χ1n) is 5.62. The molecule has 0 fully saturated rings. The number of urea groups is 1. The van der Waals surface area contributed by atoms with Gasteiger partial charge in [0.1, 0.15) is 5.75 Å². The summed E-state index contributed by atoms with van der Waals surface area (Å²) in [5, 5.41) is 9.59. The van der Waals surface area contributed by atoms with Crippen molar-refractivity contribution in [1.29, 1.82) is 0 Å². The molecular formula is C11H8ClF3N4O2S. The second-order valence-electron chi connectivity index (χ2n) is 3.84. The van der Waals surface area contributed by atoms with Gasteiger partial charge in [0.25, 0.3) is 0 Å². The van der Waals surface area contributed by atoms with Crippen LogP contribution in [-0.2, 0) is 6.18 Å². The van der Waals surface area contributed by atoms with Crippen molar-refractivity contribution in [3.63, 3.8) is 0 Å². The zero-order valence-corrected chi connectivity index (χ0v) is 12.4. The number of benzene rings is 1. The van der Waals surface area contributed by atoms with Crippen molar-refractivity contribution < 1.29 is 22.7 Å². The molecule has 0 bridgehead atoms. The van der Waals surface area contributed by atoms with E-state index in [1.807, 2.05) is 0 Å². The lowest BCUT2D eigenvalue weighted by molar-refractivity contribution is -0.138. The maximum atomic E-state index is 12.4. The summed E-state index contributed by atoms with van der Waals surface area (Å²) in [7, 11) is 1.44. The number of aromatic nitrogens is 2. The van der Waals surface area contributed by atoms with Crippen molar-refractivity contribution in [3.05, 3.63) is 28.2 Å². The summed E-state index contributed by atoms with van der Waals surface area (Å²) in [6.45, 7) is 0. The molecular weight excluding hydrogens is 345 g/mol. The first-order chi connectivity index (χ1) is 10.3. The summed E-state index contributed by atoms with van der Waals surface area (Å²) in [4.78, 5) is 11.7. The van der Waals surface area contributed by atoms with Gasteiger partial charge in [-0.3, -0.25) is 5.32 Å². The molecule has 0 unspecified atom stereocenters. The summed E-state index contributed by atoms with van der Waals surface area (Å²) in [6.07, 6.45) is -4.60. The molecule has 2 N–H and O–H groups in total. The van der Waals surface area contributed by atoms with Gasteiger partial charge in [-0.25, -0.2) is 4.79 Å². The number of methoxy groups -OCH3 is 1. The Morgan fingerprint density at radius 3 is 2.59 bits per heavy atom. The van der Waals surface area contributed by atoms with Crippen LogP contribution in [0.15, 0.2) is 18.2 Å². The van der Waals surface area contributed by atoms with E-state index in [2.05, 4.69) is 20.8 Å². The summed E-state index contributed by atoms with van der Waals surface area (Å²) in [6, 6.07) is 3.71. The van der Waals surface area contributed by atoms with Gasteiger partial charge in [-0.1, -0.05) is 22.9 Å². The van der Waals surface area contributed by atoms with E-state index in [1.54, 1.807) is 0 Å². The summed E-state index contributed by atoms with van der Waals surface area (Å²) in [5.41, 5.74) is 0.337. The number of ether oxygens (including phenoxy) is 1. The lowest BCUT2D eigenvalue weighted by atomic mass is 10.3. The van der Waals surface area contributed by atoms with Gasteiger partial charge >= 0.3 is 12.2 Å². The van der Waals surface area contributed by atoms with E-state index < -0.39 is 17.2 Å². The molecule has 0 aliphatic heterocycles. The first-order valence-corrected chi connectivity index (χ1v) is 6.81. The van der Waals surface area contributed by atoms with Crippen LogP contribution in [0.5, 0.6) is 5.75 Å². The minimum Gasteiger partial charge on any atom is -0.495 e. The van der Waals surface area contributed by atoms with Gasteiger partial charge in [-0.2, -0.15) is 13.2 Å². The molecule has 2 rings (SSSR count). The van der Waals surface area contributed by atoms with Crippen molar-refractivity contribution in [1.82, 2.24) is 10.2 Å². The van der Waals surface area contributed by atoms with Gasteiger partial charge in [0.2, 0.25) is 10.1 Å². The number of hydrogen-bond acceptors (Lipinski definition) is 5. The molecule has 1 aromatic heterocycles. The molecule has 0 atom stereocenters. The third-order valence-corrected chi connectivity index (χ3v) is 3.48. The van der Waals surface area contributed by atoms with E-state index in [0.717, 1.165) is 0 Å². The minimum absolute atomic E-state index is 0.223. The fourth-order valence-electron chi connectivity index (χ4n) is 1.39. The minimum atomic E-state index is -4.60. The predicted octanol–water partition coefficient (Wildman–Crippen LogP) is 3.86. The molecule has 22 heavy (non-hydrogen) atoms. The van der Waals surface area contributed by atoms with Crippen molar-refractivity contribution in [3.8, 4) is 5.75 Å². The molecule has 0 saturated heterocycles. The highest BCUT2D eigenvalue weighted by Crippen LogP contribution is 2.33. The maximum absolute atomic E-state index is 12.4. The van der Waals surface area contributed by atoms with Crippen LogP contribution < -0.4 is 15.4 Å².